The molecule has 0 bridgehead atoms. The van der Waals surface area contributed by atoms with Crippen LogP contribution in [0.25, 0.3) is 22.7 Å². The van der Waals surface area contributed by atoms with Crippen molar-refractivity contribution in [2.45, 2.75) is 6.42 Å². The van der Waals surface area contributed by atoms with E-state index in [4.69, 9.17) is 19.2 Å². The summed E-state index contributed by atoms with van der Waals surface area (Å²) in [5.41, 5.74) is 5.43. The van der Waals surface area contributed by atoms with Crippen LogP contribution in [-0.4, -0.2) is 48.7 Å². The molecular weight excluding hydrogens is 434 g/mol. The number of amides is 1. The van der Waals surface area contributed by atoms with Gasteiger partial charge in [0.1, 0.15) is 11.3 Å². The van der Waals surface area contributed by atoms with Crippen molar-refractivity contribution in [2.75, 3.05) is 38.5 Å². The van der Waals surface area contributed by atoms with E-state index in [0.717, 1.165) is 40.0 Å². The van der Waals surface area contributed by atoms with Crippen LogP contribution < -0.4 is 24.8 Å². The van der Waals surface area contributed by atoms with E-state index in [2.05, 4.69) is 20.6 Å². The Labute approximate surface area is 196 Å². The molecule has 1 aliphatic rings. The molecule has 3 heterocycles. The van der Waals surface area contributed by atoms with Gasteiger partial charge in [0.05, 0.1) is 43.8 Å². The van der Waals surface area contributed by atoms with Crippen LogP contribution in [0.3, 0.4) is 0 Å². The predicted octanol–water partition coefficient (Wildman–Crippen LogP) is 4.06. The number of ether oxygens (including phenoxy) is 3. The maximum absolute atomic E-state index is 12.7. The predicted molar refractivity (Wildman–Crippen MR) is 132 cm³/mol. The molecule has 1 aliphatic heterocycles. The summed E-state index contributed by atoms with van der Waals surface area (Å²) in [4.78, 5) is 23.9. The number of H-pyrrole nitrogens is 2. The van der Waals surface area contributed by atoms with E-state index < -0.39 is 0 Å². The van der Waals surface area contributed by atoms with E-state index in [-0.39, 0.29) is 5.91 Å². The van der Waals surface area contributed by atoms with Gasteiger partial charge in [-0.25, -0.2) is 4.98 Å². The lowest BCUT2D eigenvalue weighted by Gasteiger charge is -2.09. The van der Waals surface area contributed by atoms with Gasteiger partial charge in [-0.05, 0) is 48.4 Å². The van der Waals surface area contributed by atoms with Gasteiger partial charge in [0, 0.05) is 18.3 Å². The largest absolute Gasteiger partial charge is 0.495 e. The highest BCUT2D eigenvalue weighted by atomic mass is 16.5. The fourth-order valence-corrected chi connectivity index (χ4v) is 4.14. The van der Waals surface area contributed by atoms with Crippen LogP contribution in [0, 0.1) is 0 Å². The molecule has 0 saturated heterocycles. The first-order valence-electron chi connectivity index (χ1n) is 10.8. The molecule has 2 aromatic carbocycles. The highest BCUT2D eigenvalue weighted by Gasteiger charge is 2.28. The van der Waals surface area contributed by atoms with Crippen LogP contribution in [0.5, 0.6) is 17.2 Å². The standard InChI is InChI=1S/C25H25N5O4/c1-32-19-9-11-26-18(19)13-15-22-16(28-24(15)31)5-6-17-23(22)30-25(29-17)27-10-8-14-4-7-20(33-2)21(12-14)34-3/h4-7,9,11-13,26H,8,10H2,1-3H3,(H,28,31)(H2,27,29,30)/b15-13+. The summed E-state index contributed by atoms with van der Waals surface area (Å²) in [7, 11) is 4.84. The summed E-state index contributed by atoms with van der Waals surface area (Å²) in [6.45, 7) is 0.664. The second-order valence-electron chi connectivity index (χ2n) is 7.81. The summed E-state index contributed by atoms with van der Waals surface area (Å²) in [5, 5.41) is 6.27. The molecule has 9 nitrogen and oxygen atoms in total. The molecule has 5 rings (SSSR count). The highest BCUT2D eigenvalue weighted by Crippen LogP contribution is 2.39. The zero-order valence-electron chi connectivity index (χ0n) is 19.1. The minimum atomic E-state index is -0.176. The number of aromatic nitrogens is 3. The van der Waals surface area contributed by atoms with Crippen molar-refractivity contribution in [1.82, 2.24) is 15.0 Å². The third-order valence-electron chi connectivity index (χ3n) is 5.82. The lowest BCUT2D eigenvalue weighted by Crippen LogP contribution is -2.06. The quantitative estimate of drug-likeness (QED) is 0.296. The molecule has 0 unspecified atom stereocenters. The fourth-order valence-electron chi connectivity index (χ4n) is 4.14. The Morgan fingerprint density at radius 3 is 2.62 bits per heavy atom. The Hall–Kier alpha value is -4.40. The molecule has 9 heteroatoms. The van der Waals surface area contributed by atoms with E-state index in [1.165, 1.54) is 0 Å². The molecule has 4 aromatic rings. The normalized spacial score (nSPS) is 13.7. The van der Waals surface area contributed by atoms with Crippen molar-refractivity contribution >= 4 is 40.2 Å². The monoisotopic (exact) mass is 459 g/mol. The van der Waals surface area contributed by atoms with Gasteiger partial charge in [0.15, 0.2) is 11.5 Å². The molecule has 0 saturated carbocycles. The summed E-state index contributed by atoms with van der Waals surface area (Å²) in [6.07, 6.45) is 4.33. The molecule has 174 valence electrons. The first-order valence-corrected chi connectivity index (χ1v) is 10.8. The highest BCUT2D eigenvalue weighted by molar-refractivity contribution is 6.37. The second kappa shape index (κ2) is 8.86. The molecule has 0 atom stereocenters. The van der Waals surface area contributed by atoms with Gasteiger partial charge in [-0.2, -0.15) is 0 Å². The second-order valence-corrected chi connectivity index (χ2v) is 7.81. The van der Waals surface area contributed by atoms with E-state index in [0.29, 0.717) is 35.3 Å². The molecule has 0 spiro atoms. The van der Waals surface area contributed by atoms with Crippen molar-refractivity contribution in [3.63, 3.8) is 0 Å². The number of hydrogen-bond acceptors (Lipinski definition) is 6. The fraction of sp³-hybridized carbons (Fsp3) is 0.200. The Kier molecular flexibility index (Phi) is 5.59. The average molecular weight is 460 g/mol. The number of nitrogens with zero attached hydrogens (tertiary/aromatic N) is 1. The Bertz CT molecular complexity index is 1400. The number of imidazole rings is 1. The zero-order chi connectivity index (χ0) is 23.7. The van der Waals surface area contributed by atoms with Gasteiger partial charge >= 0.3 is 0 Å². The Morgan fingerprint density at radius 2 is 1.82 bits per heavy atom. The van der Waals surface area contributed by atoms with E-state index in [1.807, 2.05) is 36.4 Å². The van der Waals surface area contributed by atoms with Gasteiger partial charge in [-0.1, -0.05) is 6.07 Å². The Balaban J connectivity index is 1.39. The minimum Gasteiger partial charge on any atom is -0.495 e. The zero-order valence-corrected chi connectivity index (χ0v) is 19.1. The number of hydrogen-bond donors (Lipinski definition) is 4. The summed E-state index contributed by atoms with van der Waals surface area (Å²) in [6, 6.07) is 11.5. The third kappa shape index (κ3) is 3.81. The molecule has 0 radical (unpaired) electrons. The lowest BCUT2D eigenvalue weighted by molar-refractivity contribution is -0.110. The van der Waals surface area contributed by atoms with Crippen LogP contribution in [0.4, 0.5) is 11.6 Å². The number of anilines is 2. The van der Waals surface area contributed by atoms with Crippen molar-refractivity contribution < 1.29 is 19.0 Å². The van der Waals surface area contributed by atoms with Gasteiger partial charge in [-0.15, -0.1) is 0 Å². The minimum absolute atomic E-state index is 0.176. The van der Waals surface area contributed by atoms with Crippen LogP contribution >= 0.6 is 0 Å². The van der Waals surface area contributed by atoms with Gasteiger partial charge in [0.2, 0.25) is 5.95 Å². The number of nitrogens with one attached hydrogen (secondary N) is 4. The number of carbonyl (C=O) groups excluding carboxylic acids is 1. The van der Waals surface area contributed by atoms with Crippen LogP contribution in [0.2, 0.25) is 0 Å². The van der Waals surface area contributed by atoms with Crippen molar-refractivity contribution in [3.05, 3.63) is 59.4 Å². The third-order valence-corrected chi connectivity index (χ3v) is 5.82. The van der Waals surface area contributed by atoms with Crippen LogP contribution in [-0.2, 0) is 11.2 Å². The van der Waals surface area contributed by atoms with E-state index >= 15 is 0 Å². The maximum atomic E-state index is 12.7. The molecule has 34 heavy (non-hydrogen) atoms. The molecule has 2 aromatic heterocycles. The molecular formula is C25H25N5O4. The molecule has 0 fully saturated rings. The SMILES string of the molecule is COc1ccc(CCNc2nc3c4c(ccc3[nH]2)NC(=O)/C4=C/c2[nH]ccc2OC)cc1OC. The first-order chi connectivity index (χ1) is 16.6. The maximum Gasteiger partial charge on any atom is 0.256 e. The van der Waals surface area contributed by atoms with E-state index in [1.54, 1.807) is 33.6 Å². The average Bonchev–Trinajstić information content (AvgIpc) is 3.56. The number of carbonyl (C=O) groups is 1. The number of benzene rings is 2. The number of fused-ring (bicyclic) bond motifs is 3. The first kappa shape index (κ1) is 21.4. The summed E-state index contributed by atoms with van der Waals surface area (Å²) >= 11 is 0. The van der Waals surface area contributed by atoms with Crippen LogP contribution in [0.1, 0.15) is 16.8 Å². The summed E-state index contributed by atoms with van der Waals surface area (Å²) < 4.78 is 16.0. The van der Waals surface area contributed by atoms with Crippen molar-refractivity contribution in [1.29, 1.82) is 0 Å². The molecule has 4 N–H and O–H groups in total. The van der Waals surface area contributed by atoms with E-state index in [9.17, 15) is 4.79 Å². The van der Waals surface area contributed by atoms with Crippen LogP contribution in [0.15, 0.2) is 42.6 Å². The topological polar surface area (TPSA) is 113 Å². The smallest absolute Gasteiger partial charge is 0.256 e. The van der Waals surface area contributed by atoms with Gasteiger partial charge < -0.3 is 34.8 Å². The Morgan fingerprint density at radius 1 is 1.00 bits per heavy atom. The number of rotatable bonds is 8. The van der Waals surface area contributed by atoms with Crippen molar-refractivity contribution in [2.24, 2.45) is 0 Å². The number of aromatic amines is 2. The van der Waals surface area contributed by atoms with Gasteiger partial charge in [0.25, 0.3) is 5.91 Å². The number of methoxy groups -OCH3 is 3. The lowest BCUT2D eigenvalue weighted by atomic mass is 10.0. The molecule has 0 aliphatic carbocycles. The summed E-state index contributed by atoms with van der Waals surface area (Å²) in [5.74, 6) is 2.54. The van der Waals surface area contributed by atoms with Gasteiger partial charge in [-0.3, -0.25) is 4.79 Å². The molecule has 1 amide bonds. The van der Waals surface area contributed by atoms with Crippen molar-refractivity contribution in [3.8, 4) is 17.2 Å².